The summed E-state index contributed by atoms with van der Waals surface area (Å²) < 4.78 is 5.51. The van der Waals surface area contributed by atoms with Gasteiger partial charge in [-0.2, -0.15) is 0 Å². The molecule has 1 fully saturated rings. The van der Waals surface area contributed by atoms with Gasteiger partial charge >= 0.3 is 0 Å². The number of nitrogens with one attached hydrogen (secondary N) is 2. The number of fused-ring (bicyclic) bond motifs is 1. The van der Waals surface area contributed by atoms with E-state index in [-0.39, 0.29) is 35.2 Å². The van der Waals surface area contributed by atoms with Crippen molar-refractivity contribution >= 4 is 28.2 Å². The lowest BCUT2D eigenvalue weighted by atomic mass is 10.0. The third kappa shape index (κ3) is 3.17. The van der Waals surface area contributed by atoms with Crippen molar-refractivity contribution in [3.63, 3.8) is 0 Å². The van der Waals surface area contributed by atoms with Crippen LogP contribution in [-0.4, -0.2) is 36.7 Å². The lowest BCUT2D eigenvalue weighted by Gasteiger charge is -2.14. The second-order valence-corrected chi connectivity index (χ2v) is 9.31. The minimum absolute atomic E-state index is 0.0241. The van der Waals surface area contributed by atoms with Crippen LogP contribution in [0.3, 0.4) is 0 Å². The molecule has 6 nitrogen and oxygen atoms in total. The molecule has 0 radical (unpaired) electrons. The highest BCUT2D eigenvalue weighted by Crippen LogP contribution is 2.68. The van der Waals surface area contributed by atoms with E-state index in [0.717, 1.165) is 10.4 Å². The summed E-state index contributed by atoms with van der Waals surface area (Å²) in [4.78, 5) is 26.6. The van der Waals surface area contributed by atoms with E-state index in [9.17, 15) is 9.59 Å². The number of carbonyl (C=O) groups is 2. The van der Waals surface area contributed by atoms with Crippen molar-refractivity contribution in [3.8, 4) is 0 Å². The zero-order chi connectivity index (χ0) is 19.1. The second-order valence-electron chi connectivity index (χ2n) is 8.21. The Morgan fingerprint density at radius 1 is 1.27 bits per heavy atom. The number of carbonyl (C=O) groups excluding carboxylic acids is 2. The fourth-order valence-corrected chi connectivity index (χ4v) is 5.15. The fourth-order valence-electron chi connectivity index (χ4n) is 3.97. The van der Waals surface area contributed by atoms with E-state index in [0.29, 0.717) is 43.2 Å². The molecule has 0 spiro atoms. The van der Waals surface area contributed by atoms with Crippen molar-refractivity contribution in [2.45, 2.75) is 47.1 Å². The average molecular weight is 381 g/mol. The minimum Gasteiger partial charge on any atom is -0.396 e. The summed E-state index contributed by atoms with van der Waals surface area (Å²) in [5.41, 5.74) is 1.43. The first-order valence-electron chi connectivity index (χ1n) is 9.14. The van der Waals surface area contributed by atoms with E-state index in [1.807, 2.05) is 0 Å². The van der Waals surface area contributed by atoms with Gasteiger partial charge in [-0.05, 0) is 29.2 Å². The second kappa shape index (κ2) is 6.94. The van der Waals surface area contributed by atoms with Crippen molar-refractivity contribution in [2.24, 2.45) is 16.7 Å². The quantitative estimate of drug-likeness (QED) is 0.662. The van der Waals surface area contributed by atoms with Gasteiger partial charge in [-0.3, -0.25) is 9.59 Å². The lowest BCUT2D eigenvalue weighted by Crippen LogP contribution is -2.28. The zero-order valence-electron chi connectivity index (χ0n) is 15.9. The summed E-state index contributed by atoms with van der Waals surface area (Å²) >= 11 is 1.44. The monoisotopic (exact) mass is 380 g/mol. The summed E-state index contributed by atoms with van der Waals surface area (Å²) in [5, 5.41) is 15.4. The van der Waals surface area contributed by atoms with Crippen LogP contribution in [0.5, 0.6) is 0 Å². The predicted molar refractivity (Wildman–Crippen MR) is 101 cm³/mol. The molecule has 3 N–H and O–H groups in total. The molecular weight excluding hydrogens is 352 g/mol. The molecule has 1 aliphatic carbocycles. The Labute approximate surface area is 158 Å². The molecule has 1 aliphatic heterocycles. The first-order chi connectivity index (χ1) is 12.2. The number of hydrogen-bond acceptors (Lipinski definition) is 5. The van der Waals surface area contributed by atoms with E-state index in [2.05, 4.69) is 38.3 Å². The average Bonchev–Trinajstić information content (AvgIpc) is 2.84. The lowest BCUT2D eigenvalue weighted by molar-refractivity contribution is -0.118. The van der Waals surface area contributed by atoms with Crippen LogP contribution in [0.2, 0.25) is 0 Å². The van der Waals surface area contributed by atoms with Crippen LogP contribution in [-0.2, 0) is 22.6 Å². The number of anilines is 1. The molecule has 2 heterocycles. The van der Waals surface area contributed by atoms with Crippen molar-refractivity contribution in [3.05, 3.63) is 16.0 Å². The maximum Gasteiger partial charge on any atom is 0.254 e. The maximum absolute atomic E-state index is 12.9. The van der Waals surface area contributed by atoms with Crippen molar-refractivity contribution < 1.29 is 19.4 Å². The normalized spacial score (nSPS) is 20.3. The Morgan fingerprint density at radius 2 is 1.96 bits per heavy atom. The molecule has 2 amide bonds. The van der Waals surface area contributed by atoms with Gasteiger partial charge in [0.2, 0.25) is 5.91 Å². The Morgan fingerprint density at radius 3 is 2.58 bits per heavy atom. The van der Waals surface area contributed by atoms with Gasteiger partial charge in [-0.25, -0.2) is 0 Å². The van der Waals surface area contributed by atoms with E-state index < -0.39 is 0 Å². The molecule has 0 aromatic carbocycles. The molecular formula is C19H28N2O4S. The number of hydrogen-bond donors (Lipinski definition) is 3. The number of amides is 2. The zero-order valence-corrected chi connectivity index (χ0v) is 16.7. The van der Waals surface area contributed by atoms with Crippen LogP contribution in [0.1, 0.15) is 54.9 Å². The van der Waals surface area contributed by atoms with E-state index in [1.165, 1.54) is 11.3 Å². The van der Waals surface area contributed by atoms with Crippen LogP contribution in [0.15, 0.2) is 0 Å². The van der Waals surface area contributed by atoms with Crippen LogP contribution in [0.25, 0.3) is 0 Å². The van der Waals surface area contributed by atoms with E-state index >= 15 is 0 Å². The summed E-state index contributed by atoms with van der Waals surface area (Å²) in [7, 11) is 0. The number of ether oxygens (including phenoxy) is 1. The molecule has 0 atom stereocenters. The van der Waals surface area contributed by atoms with Gasteiger partial charge in [0.05, 0.1) is 18.8 Å². The molecule has 1 aromatic rings. The number of rotatable bonds is 6. The highest BCUT2D eigenvalue weighted by Gasteiger charge is 2.68. The maximum atomic E-state index is 12.9. The Kier molecular flexibility index (Phi) is 5.16. The summed E-state index contributed by atoms with van der Waals surface area (Å²) in [6, 6.07) is 0. The van der Waals surface area contributed by atoms with Gasteiger partial charge in [-0.1, -0.05) is 27.7 Å². The highest BCUT2D eigenvalue weighted by molar-refractivity contribution is 7.17. The molecule has 1 saturated carbocycles. The van der Waals surface area contributed by atoms with Gasteiger partial charge < -0.3 is 20.5 Å². The highest BCUT2D eigenvalue weighted by atomic mass is 32.1. The van der Waals surface area contributed by atoms with Crippen molar-refractivity contribution in [1.82, 2.24) is 5.32 Å². The molecule has 2 aliphatic rings. The first kappa shape index (κ1) is 19.3. The van der Waals surface area contributed by atoms with Crippen LogP contribution >= 0.6 is 11.3 Å². The standard InChI is InChI=1S/C19H28N2O4S/c1-18(2)14(19(18,3)4)16(24)21-17-13(15(23)20-7-5-8-22)11-6-9-25-10-12(11)26-17/h14,22H,5-10H2,1-4H3,(H,20,23)(H,21,24). The minimum atomic E-state index is -0.192. The smallest absolute Gasteiger partial charge is 0.254 e. The van der Waals surface area contributed by atoms with Crippen molar-refractivity contribution in [1.29, 1.82) is 0 Å². The summed E-state index contributed by atoms with van der Waals surface area (Å²) in [6.07, 6.45) is 1.18. The third-order valence-corrected chi connectivity index (χ3v) is 7.31. The topological polar surface area (TPSA) is 87.7 Å². The van der Waals surface area contributed by atoms with Gasteiger partial charge in [0, 0.05) is 23.9 Å². The number of thiophene rings is 1. The SMILES string of the molecule is CC1(C)C(C(=O)Nc2sc3c(c2C(=O)NCCCO)CCOC3)C1(C)C. The Balaban J connectivity index is 1.83. The molecule has 0 unspecified atom stereocenters. The number of aliphatic hydroxyl groups excluding tert-OH is 1. The fraction of sp³-hybridized carbons (Fsp3) is 0.684. The Bertz CT molecular complexity index is 709. The molecule has 1 aromatic heterocycles. The first-order valence-corrected chi connectivity index (χ1v) is 9.95. The molecule has 0 saturated heterocycles. The molecule has 7 heteroatoms. The third-order valence-electron chi connectivity index (χ3n) is 6.19. The van der Waals surface area contributed by atoms with Gasteiger partial charge in [0.1, 0.15) is 5.00 Å². The summed E-state index contributed by atoms with van der Waals surface area (Å²) in [5.74, 6) is -0.290. The van der Waals surface area contributed by atoms with E-state index in [4.69, 9.17) is 9.84 Å². The van der Waals surface area contributed by atoms with Gasteiger partial charge in [0.15, 0.2) is 0 Å². The van der Waals surface area contributed by atoms with Crippen molar-refractivity contribution in [2.75, 3.05) is 25.1 Å². The predicted octanol–water partition coefficient (Wildman–Crippen LogP) is 2.55. The molecule has 0 bridgehead atoms. The largest absolute Gasteiger partial charge is 0.396 e. The van der Waals surface area contributed by atoms with Gasteiger partial charge in [-0.15, -0.1) is 11.3 Å². The molecule has 144 valence electrons. The number of aliphatic hydroxyl groups is 1. The Hall–Kier alpha value is -1.44. The molecule has 26 heavy (non-hydrogen) atoms. The van der Waals surface area contributed by atoms with E-state index in [1.54, 1.807) is 0 Å². The van der Waals surface area contributed by atoms with Gasteiger partial charge in [0.25, 0.3) is 5.91 Å². The van der Waals surface area contributed by atoms with Crippen LogP contribution in [0.4, 0.5) is 5.00 Å². The summed E-state index contributed by atoms with van der Waals surface area (Å²) in [6.45, 7) is 9.92. The molecule has 3 rings (SSSR count). The van der Waals surface area contributed by atoms with Crippen LogP contribution in [0, 0.1) is 16.7 Å². The van der Waals surface area contributed by atoms with Crippen LogP contribution < -0.4 is 10.6 Å².